The van der Waals surface area contributed by atoms with Gasteiger partial charge in [-0.2, -0.15) is 0 Å². The molecule has 0 saturated heterocycles. The topological polar surface area (TPSA) is 40.5 Å². The first-order valence-electron chi connectivity index (χ1n) is 6.27. The van der Waals surface area contributed by atoms with Gasteiger partial charge in [-0.1, -0.05) is 23.7 Å². The second-order valence-corrected chi connectivity index (χ2v) is 5.49. The fraction of sp³-hybridized carbons (Fsp3) is 0.400. The van der Waals surface area contributed by atoms with E-state index in [1.54, 1.807) is 37.0 Å². The number of amides is 1. The third kappa shape index (κ3) is 5.90. The largest absolute Gasteiger partial charge is 0.389 e. The maximum absolute atomic E-state index is 12.0. The molecule has 0 aliphatic carbocycles. The number of nitrogens with zero attached hydrogens (tertiary/aromatic N) is 1. The standard InChI is InChI=1S/C15H20ClNO2/c1-4-17(11-15(2,3)19)14(18)10-7-12-5-8-13(16)9-6-12/h5-10,19H,4,11H2,1-3H3. The van der Waals surface area contributed by atoms with E-state index >= 15 is 0 Å². The molecule has 1 aromatic rings. The molecule has 19 heavy (non-hydrogen) atoms. The average Bonchev–Trinajstić information content (AvgIpc) is 2.34. The zero-order valence-corrected chi connectivity index (χ0v) is 12.3. The Morgan fingerprint density at radius 2 is 1.95 bits per heavy atom. The van der Waals surface area contributed by atoms with Crippen molar-refractivity contribution in [2.75, 3.05) is 13.1 Å². The van der Waals surface area contributed by atoms with E-state index in [-0.39, 0.29) is 5.91 Å². The molecule has 3 nitrogen and oxygen atoms in total. The smallest absolute Gasteiger partial charge is 0.246 e. The number of benzene rings is 1. The lowest BCUT2D eigenvalue weighted by atomic mass is 10.1. The molecule has 0 fully saturated rings. The summed E-state index contributed by atoms with van der Waals surface area (Å²) in [6, 6.07) is 7.25. The Morgan fingerprint density at radius 1 is 1.37 bits per heavy atom. The highest BCUT2D eigenvalue weighted by Gasteiger charge is 2.19. The number of hydrogen-bond acceptors (Lipinski definition) is 2. The number of rotatable bonds is 5. The van der Waals surface area contributed by atoms with E-state index in [2.05, 4.69) is 0 Å². The van der Waals surface area contributed by atoms with Crippen molar-refractivity contribution in [2.45, 2.75) is 26.4 Å². The zero-order valence-electron chi connectivity index (χ0n) is 11.6. The Hall–Kier alpha value is -1.32. The summed E-state index contributed by atoms with van der Waals surface area (Å²) in [5.41, 5.74) is 0.0248. The van der Waals surface area contributed by atoms with Crippen LogP contribution < -0.4 is 0 Å². The van der Waals surface area contributed by atoms with E-state index in [4.69, 9.17) is 11.6 Å². The van der Waals surface area contributed by atoms with Gasteiger partial charge in [0.2, 0.25) is 5.91 Å². The molecule has 0 aromatic heterocycles. The molecule has 1 N–H and O–H groups in total. The Morgan fingerprint density at radius 3 is 2.42 bits per heavy atom. The predicted molar refractivity (Wildman–Crippen MR) is 79.0 cm³/mol. The van der Waals surface area contributed by atoms with E-state index in [0.717, 1.165) is 5.56 Å². The van der Waals surface area contributed by atoms with E-state index in [9.17, 15) is 9.90 Å². The number of aliphatic hydroxyl groups is 1. The second-order valence-electron chi connectivity index (χ2n) is 5.05. The molecule has 0 spiro atoms. The zero-order chi connectivity index (χ0) is 14.5. The first-order chi connectivity index (χ1) is 8.81. The van der Waals surface area contributed by atoms with Gasteiger partial charge in [0, 0.05) is 24.2 Å². The van der Waals surface area contributed by atoms with Gasteiger partial charge in [0.25, 0.3) is 0 Å². The highest BCUT2D eigenvalue weighted by atomic mass is 35.5. The van der Waals surface area contributed by atoms with Gasteiger partial charge >= 0.3 is 0 Å². The van der Waals surface area contributed by atoms with Crippen molar-refractivity contribution in [3.8, 4) is 0 Å². The normalized spacial score (nSPS) is 11.8. The monoisotopic (exact) mass is 281 g/mol. The Labute approximate surface area is 119 Å². The lowest BCUT2D eigenvalue weighted by Gasteiger charge is -2.27. The first-order valence-corrected chi connectivity index (χ1v) is 6.64. The van der Waals surface area contributed by atoms with Crippen LogP contribution in [-0.2, 0) is 4.79 Å². The van der Waals surface area contributed by atoms with Crippen molar-refractivity contribution in [3.05, 3.63) is 40.9 Å². The van der Waals surface area contributed by atoms with Crippen LogP contribution in [0.4, 0.5) is 0 Å². The molecular formula is C15H20ClNO2. The average molecular weight is 282 g/mol. The third-order valence-corrected chi connectivity index (χ3v) is 2.81. The molecule has 0 heterocycles. The molecule has 0 atom stereocenters. The van der Waals surface area contributed by atoms with Crippen LogP contribution in [0.15, 0.2) is 30.3 Å². The van der Waals surface area contributed by atoms with Crippen molar-refractivity contribution in [2.24, 2.45) is 0 Å². The van der Waals surface area contributed by atoms with Crippen LogP contribution in [-0.4, -0.2) is 34.6 Å². The molecule has 0 bridgehead atoms. The van der Waals surface area contributed by atoms with Crippen LogP contribution in [0.5, 0.6) is 0 Å². The molecule has 0 aliphatic heterocycles. The van der Waals surface area contributed by atoms with E-state index < -0.39 is 5.60 Å². The van der Waals surface area contributed by atoms with Gasteiger partial charge in [0.1, 0.15) is 0 Å². The maximum atomic E-state index is 12.0. The van der Waals surface area contributed by atoms with Gasteiger partial charge in [-0.15, -0.1) is 0 Å². The first kappa shape index (κ1) is 15.7. The highest BCUT2D eigenvalue weighted by Crippen LogP contribution is 2.11. The SMILES string of the molecule is CCN(CC(C)(C)O)C(=O)C=Cc1ccc(Cl)cc1. The van der Waals surface area contributed by atoms with E-state index in [0.29, 0.717) is 18.1 Å². The lowest BCUT2D eigenvalue weighted by molar-refractivity contribution is -0.128. The quantitative estimate of drug-likeness (QED) is 0.843. The predicted octanol–water partition coefficient (Wildman–Crippen LogP) is 2.97. The molecule has 0 unspecified atom stereocenters. The number of hydrogen-bond donors (Lipinski definition) is 1. The Bertz CT molecular complexity index is 446. The van der Waals surface area contributed by atoms with Gasteiger partial charge in [-0.25, -0.2) is 0 Å². The fourth-order valence-corrected chi connectivity index (χ4v) is 1.79. The lowest BCUT2D eigenvalue weighted by Crippen LogP contribution is -2.41. The summed E-state index contributed by atoms with van der Waals surface area (Å²) < 4.78 is 0. The molecular weight excluding hydrogens is 262 g/mol. The van der Waals surface area contributed by atoms with E-state index in [1.165, 1.54) is 6.08 Å². The third-order valence-electron chi connectivity index (χ3n) is 2.56. The maximum Gasteiger partial charge on any atom is 0.246 e. The Balaban J connectivity index is 2.69. The van der Waals surface area contributed by atoms with Crippen molar-refractivity contribution in [3.63, 3.8) is 0 Å². The number of carbonyl (C=O) groups excluding carboxylic acids is 1. The van der Waals surface area contributed by atoms with Gasteiger partial charge in [-0.3, -0.25) is 4.79 Å². The summed E-state index contributed by atoms with van der Waals surface area (Å²) in [5, 5.41) is 10.4. The van der Waals surface area contributed by atoms with Gasteiger partial charge in [0.05, 0.1) is 5.60 Å². The molecule has 4 heteroatoms. The van der Waals surface area contributed by atoms with E-state index in [1.807, 2.05) is 19.1 Å². The molecule has 104 valence electrons. The van der Waals surface area contributed by atoms with Crippen LogP contribution in [0.2, 0.25) is 5.02 Å². The minimum Gasteiger partial charge on any atom is -0.389 e. The summed E-state index contributed by atoms with van der Waals surface area (Å²) in [5.74, 6) is -0.112. The molecule has 1 amide bonds. The van der Waals surface area contributed by atoms with Crippen molar-refractivity contribution >= 4 is 23.6 Å². The fourth-order valence-electron chi connectivity index (χ4n) is 1.66. The summed E-state index contributed by atoms with van der Waals surface area (Å²) in [7, 11) is 0. The number of carbonyl (C=O) groups is 1. The summed E-state index contributed by atoms with van der Waals surface area (Å²) in [4.78, 5) is 13.6. The molecule has 0 radical (unpaired) electrons. The second kappa shape index (κ2) is 6.73. The summed E-state index contributed by atoms with van der Waals surface area (Å²) in [6.07, 6.45) is 3.25. The van der Waals surface area contributed by atoms with Gasteiger partial charge in [-0.05, 0) is 44.5 Å². The number of halogens is 1. The Kier molecular flexibility index (Phi) is 5.58. The minimum atomic E-state index is -0.889. The van der Waals surface area contributed by atoms with Crippen LogP contribution in [0, 0.1) is 0 Å². The molecule has 1 aromatic carbocycles. The summed E-state index contributed by atoms with van der Waals surface area (Å²) in [6.45, 7) is 6.14. The summed E-state index contributed by atoms with van der Waals surface area (Å²) >= 11 is 5.79. The van der Waals surface area contributed by atoms with Crippen molar-refractivity contribution < 1.29 is 9.90 Å². The highest BCUT2D eigenvalue weighted by molar-refractivity contribution is 6.30. The minimum absolute atomic E-state index is 0.112. The van der Waals surface area contributed by atoms with Crippen molar-refractivity contribution in [1.82, 2.24) is 4.90 Å². The number of likely N-dealkylation sites (N-methyl/N-ethyl adjacent to an activating group) is 1. The van der Waals surface area contributed by atoms with Crippen LogP contribution in [0.3, 0.4) is 0 Å². The van der Waals surface area contributed by atoms with Crippen LogP contribution in [0.1, 0.15) is 26.3 Å². The molecule has 0 saturated carbocycles. The van der Waals surface area contributed by atoms with Crippen LogP contribution >= 0.6 is 11.6 Å². The van der Waals surface area contributed by atoms with Crippen LogP contribution in [0.25, 0.3) is 6.08 Å². The molecule has 1 rings (SSSR count). The van der Waals surface area contributed by atoms with Gasteiger partial charge in [0.15, 0.2) is 0 Å². The molecule has 0 aliphatic rings. The van der Waals surface area contributed by atoms with Crippen molar-refractivity contribution in [1.29, 1.82) is 0 Å². The van der Waals surface area contributed by atoms with Gasteiger partial charge < -0.3 is 10.0 Å².